The summed E-state index contributed by atoms with van der Waals surface area (Å²) in [5, 5.41) is 11.1. The second-order valence-electron chi connectivity index (χ2n) is 4.48. The molecule has 0 bridgehead atoms. The number of hydrogen-bond donors (Lipinski definition) is 1. The van der Waals surface area contributed by atoms with E-state index in [9.17, 15) is 14.0 Å². The number of furan rings is 1. The molecular weight excluding hydrogens is 295 g/mol. The minimum atomic E-state index is -1.15. The molecule has 4 nitrogen and oxygen atoms in total. The topological polar surface area (TPSA) is 67.5 Å². The highest BCUT2D eigenvalue weighted by atomic mass is 32.1. The van der Waals surface area contributed by atoms with Crippen LogP contribution < -0.4 is 0 Å². The van der Waals surface area contributed by atoms with Crippen molar-refractivity contribution in [1.82, 2.24) is 0 Å². The Kier molecular flexibility index (Phi) is 3.31. The number of carbonyl (C=O) groups excluding carboxylic acids is 1. The van der Waals surface area contributed by atoms with Crippen LogP contribution in [0.25, 0.3) is 22.1 Å². The lowest BCUT2D eigenvalue weighted by Crippen LogP contribution is -2.04. The summed E-state index contributed by atoms with van der Waals surface area (Å²) in [5.74, 6) is -1.97. The highest BCUT2D eigenvalue weighted by Gasteiger charge is 2.16. The largest absolute Gasteiger partial charge is 0.481 e. The van der Waals surface area contributed by atoms with E-state index in [-0.39, 0.29) is 5.82 Å². The van der Waals surface area contributed by atoms with Gasteiger partial charge in [0.15, 0.2) is 5.78 Å². The van der Waals surface area contributed by atoms with Gasteiger partial charge in [-0.25, -0.2) is 4.39 Å². The molecule has 0 unspecified atom stereocenters. The Morgan fingerprint density at radius 1 is 1.29 bits per heavy atom. The van der Waals surface area contributed by atoms with Gasteiger partial charge < -0.3 is 9.52 Å². The van der Waals surface area contributed by atoms with E-state index < -0.39 is 18.2 Å². The van der Waals surface area contributed by atoms with Crippen LogP contribution in [-0.4, -0.2) is 16.9 Å². The number of halogens is 1. The summed E-state index contributed by atoms with van der Waals surface area (Å²) in [4.78, 5) is 22.6. The molecule has 0 fully saturated rings. The Hall–Kier alpha value is -2.47. The lowest BCUT2D eigenvalue weighted by molar-refractivity contribution is -0.135. The van der Waals surface area contributed by atoms with Gasteiger partial charge in [-0.3, -0.25) is 9.59 Å². The van der Waals surface area contributed by atoms with E-state index in [0.29, 0.717) is 10.5 Å². The zero-order valence-corrected chi connectivity index (χ0v) is 11.4. The molecule has 21 heavy (non-hydrogen) atoms. The molecule has 0 atom stereocenters. The van der Waals surface area contributed by atoms with E-state index in [1.165, 1.54) is 29.7 Å². The number of aliphatic carboxylic acids is 1. The molecule has 6 heteroatoms. The van der Waals surface area contributed by atoms with E-state index in [0.717, 1.165) is 16.5 Å². The highest BCUT2D eigenvalue weighted by molar-refractivity contribution is 7.12. The Labute approximate surface area is 122 Å². The first kappa shape index (κ1) is 13.5. The van der Waals surface area contributed by atoms with Crippen molar-refractivity contribution in [3.63, 3.8) is 0 Å². The summed E-state index contributed by atoms with van der Waals surface area (Å²) in [6.07, 6.45) is 0.967. The number of Topliss-reactive ketones (excluding diaryl/α,β-unsaturated/α-hetero) is 1. The number of hydrogen-bond acceptors (Lipinski definition) is 4. The third-order valence-corrected chi connectivity index (χ3v) is 4.01. The lowest BCUT2D eigenvalue weighted by Gasteiger charge is -1.94. The first-order chi connectivity index (χ1) is 10.0. The van der Waals surface area contributed by atoms with Crippen LogP contribution in [0.2, 0.25) is 0 Å². The molecule has 0 saturated heterocycles. The molecule has 0 aliphatic heterocycles. The maximum Gasteiger partial charge on any atom is 0.311 e. The normalized spacial score (nSPS) is 10.9. The summed E-state index contributed by atoms with van der Waals surface area (Å²) in [7, 11) is 0. The summed E-state index contributed by atoms with van der Waals surface area (Å²) in [6, 6.07) is 5.87. The number of benzene rings is 1. The van der Waals surface area contributed by atoms with E-state index in [1.54, 1.807) is 17.5 Å². The Morgan fingerprint density at radius 3 is 2.86 bits per heavy atom. The SMILES string of the molecule is O=C(O)CC(=O)c1cc(-c2coc3cc(F)ccc23)cs1. The molecule has 0 amide bonds. The van der Waals surface area contributed by atoms with Gasteiger partial charge >= 0.3 is 5.97 Å². The molecule has 0 radical (unpaired) electrons. The van der Waals surface area contributed by atoms with E-state index in [2.05, 4.69) is 0 Å². The third-order valence-electron chi connectivity index (χ3n) is 3.03. The summed E-state index contributed by atoms with van der Waals surface area (Å²) >= 11 is 1.18. The monoisotopic (exact) mass is 304 g/mol. The number of fused-ring (bicyclic) bond motifs is 1. The van der Waals surface area contributed by atoms with Crippen molar-refractivity contribution in [1.29, 1.82) is 0 Å². The fraction of sp³-hybridized carbons (Fsp3) is 0.0667. The molecule has 0 saturated carbocycles. The molecule has 1 aromatic carbocycles. The van der Waals surface area contributed by atoms with Crippen LogP contribution in [0.15, 0.2) is 40.3 Å². The van der Waals surface area contributed by atoms with Crippen molar-refractivity contribution >= 4 is 34.1 Å². The molecule has 0 aliphatic carbocycles. The fourth-order valence-corrected chi connectivity index (χ4v) is 2.92. The van der Waals surface area contributed by atoms with Crippen molar-refractivity contribution < 1.29 is 23.5 Å². The zero-order chi connectivity index (χ0) is 15.0. The number of rotatable bonds is 4. The van der Waals surface area contributed by atoms with Crippen molar-refractivity contribution in [2.75, 3.05) is 0 Å². The van der Waals surface area contributed by atoms with Crippen LogP contribution in [0.5, 0.6) is 0 Å². The number of thiophene rings is 1. The van der Waals surface area contributed by atoms with Gasteiger partial charge in [0.05, 0.1) is 11.1 Å². The first-order valence-corrected chi connectivity index (χ1v) is 6.93. The molecular formula is C15H9FO4S. The first-order valence-electron chi connectivity index (χ1n) is 6.05. The predicted octanol–water partition coefficient (Wildman–Crippen LogP) is 3.96. The Morgan fingerprint density at radius 2 is 2.10 bits per heavy atom. The van der Waals surface area contributed by atoms with Crippen molar-refractivity contribution in [2.24, 2.45) is 0 Å². The molecule has 0 aliphatic rings. The van der Waals surface area contributed by atoms with Gasteiger partial charge in [0, 0.05) is 17.0 Å². The van der Waals surface area contributed by atoms with Crippen LogP contribution in [0.4, 0.5) is 4.39 Å². The van der Waals surface area contributed by atoms with Crippen LogP contribution in [-0.2, 0) is 4.79 Å². The minimum absolute atomic E-state index is 0.379. The Balaban J connectivity index is 1.98. The zero-order valence-electron chi connectivity index (χ0n) is 10.6. The van der Waals surface area contributed by atoms with Gasteiger partial charge in [0.25, 0.3) is 0 Å². The van der Waals surface area contributed by atoms with Crippen molar-refractivity contribution in [3.05, 3.63) is 46.6 Å². The molecule has 1 N–H and O–H groups in total. The van der Waals surface area contributed by atoms with E-state index >= 15 is 0 Å². The molecule has 2 aromatic heterocycles. The predicted molar refractivity (Wildman–Crippen MR) is 76.1 cm³/mol. The van der Waals surface area contributed by atoms with Gasteiger partial charge in [-0.2, -0.15) is 0 Å². The number of carboxylic acids is 1. The average Bonchev–Trinajstić information content (AvgIpc) is 3.02. The third kappa shape index (κ3) is 2.57. The summed E-state index contributed by atoms with van der Waals surface area (Å²) in [6.45, 7) is 0. The van der Waals surface area contributed by atoms with Gasteiger partial charge in [-0.15, -0.1) is 11.3 Å². The van der Waals surface area contributed by atoms with Crippen LogP contribution in [0, 0.1) is 5.82 Å². The fourth-order valence-electron chi connectivity index (χ4n) is 2.07. The number of carbonyl (C=O) groups is 2. The summed E-state index contributed by atoms with van der Waals surface area (Å²) in [5.41, 5.74) is 1.92. The summed E-state index contributed by atoms with van der Waals surface area (Å²) < 4.78 is 18.4. The molecule has 3 aromatic rings. The maximum atomic E-state index is 13.1. The molecule has 0 spiro atoms. The highest BCUT2D eigenvalue weighted by Crippen LogP contribution is 2.34. The van der Waals surface area contributed by atoms with E-state index in [4.69, 9.17) is 9.52 Å². The molecule has 3 rings (SSSR count). The van der Waals surface area contributed by atoms with Crippen LogP contribution in [0.1, 0.15) is 16.1 Å². The van der Waals surface area contributed by atoms with Gasteiger partial charge in [0.2, 0.25) is 0 Å². The standard InChI is InChI=1S/C15H9FO4S/c16-9-1-2-10-11(6-20-13(10)4-9)8-3-14(21-7-8)12(17)5-15(18)19/h1-4,6-7H,5H2,(H,18,19). The van der Waals surface area contributed by atoms with E-state index in [1.807, 2.05) is 0 Å². The van der Waals surface area contributed by atoms with Crippen LogP contribution in [0.3, 0.4) is 0 Å². The van der Waals surface area contributed by atoms with Crippen LogP contribution >= 0.6 is 11.3 Å². The lowest BCUT2D eigenvalue weighted by atomic mass is 10.1. The average molecular weight is 304 g/mol. The van der Waals surface area contributed by atoms with Crippen molar-refractivity contribution in [2.45, 2.75) is 6.42 Å². The van der Waals surface area contributed by atoms with Crippen molar-refractivity contribution in [3.8, 4) is 11.1 Å². The van der Waals surface area contributed by atoms with Gasteiger partial charge in [-0.1, -0.05) is 0 Å². The van der Waals surface area contributed by atoms with Gasteiger partial charge in [0.1, 0.15) is 17.8 Å². The van der Waals surface area contributed by atoms with Gasteiger partial charge in [-0.05, 0) is 29.1 Å². The molecule has 106 valence electrons. The number of carboxylic acid groups (broad SMARTS) is 1. The second kappa shape index (κ2) is 5.14. The second-order valence-corrected chi connectivity index (χ2v) is 5.39. The maximum absolute atomic E-state index is 13.1. The number of ketones is 1. The Bertz CT molecular complexity index is 846. The minimum Gasteiger partial charge on any atom is -0.481 e. The quantitative estimate of drug-likeness (QED) is 0.585. The smallest absolute Gasteiger partial charge is 0.311 e. The molecule has 2 heterocycles.